The van der Waals surface area contributed by atoms with Crippen LogP contribution in [0.3, 0.4) is 0 Å². The van der Waals surface area contributed by atoms with E-state index in [0.29, 0.717) is 23.4 Å². The molecule has 0 saturated carbocycles. The number of hydrogen-bond donors (Lipinski definition) is 2. The Bertz CT molecular complexity index is 747. The SMILES string of the molecule is O=C(CCc1ccc(C(F)(F)F)cc1)Nc1ccc(NS(=O)[O-])cc1. The van der Waals surface area contributed by atoms with Crippen molar-refractivity contribution in [2.24, 2.45) is 0 Å². The third-order valence-electron chi connectivity index (χ3n) is 3.29. The van der Waals surface area contributed by atoms with E-state index in [1.165, 1.54) is 36.4 Å². The van der Waals surface area contributed by atoms with Gasteiger partial charge in [-0.1, -0.05) is 12.1 Å². The molecule has 2 N–H and O–H groups in total. The summed E-state index contributed by atoms with van der Waals surface area (Å²) in [6.45, 7) is 0. The molecule has 134 valence electrons. The Labute approximate surface area is 144 Å². The monoisotopic (exact) mass is 371 g/mol. The van der Waals surface area contributed by atoms with E-state index in [2.05, 4.69) is 10.0 Å². The fourth-order valence-electron chi connectivity index (χ4n) is 2.06. The van der Waals surface area contributed by atoms with Crippen molar-refractivity contribution in [3.63, 3.8) is 0 Å². The Hall–Kier alpha value is -2.39. The number of halogens is 3. The molecule has 0 aliphatic carbocycles. The topological polar surface area (TPSA) is 81.3 Å². The van der Waals surface area contributed by atoms with Crippen LogP contribution in [0.25, 0.3) is 0 Å². The average molecular weight is 371 g/mol. The minimum absolute atomic E-state index is 0.107. The Balaban J connectivity index is 1.85. The maximum Gasteiger partial charge on any atom is 0.416 e. The van der Waals surface area contributed by atoms with Crippen molar-refractivity contribution in [1.29, 1.82) is 0 Å². The zero-order chi connectivity index (χ0) is 18.4. The second kappa shape index (κ2) is 8.13. The zero-order valence-electron chi connectivity index (χ0n) is 12.8. The molecular formula is C16H14F3N2O3S-. The highest BCUT2D eigenvalue weighted by Gasteiger charge is 2.29. The van der Waals surface area contributed by atoms with E-state index >= 15 is 0 Å². The van der Waals surface area contributed by atoms with E-state index < -0.39 is 23.0 Å². The Morgan fingerprint density at radius 2 is 1.56 bits per heavy atom. The summed E-state index contributed by atoms with van der Waals surface area (Å²) in [5.41, 5.74) is 0.741. The standard InChI is InChI=1S/C16H15F3N2O3S/c17-16(18,19)12-4-1-11(2-5-12)3-10-15(22)20-13-6-8-14(9-7-13)21-25(23)24/h1-2,4-9,21H,3,10H2,(H,20,22)(H,23,24)/p-1. The van der Waals surface area contributed by atoms with Gasteiger partial charge in [0.05, 0.1) is 5.56 Å². The maximum atomic E-state index is 12.5. The second-order valence-electron chi connectivity index (χ2n) is 5.16. The second-order valence-corrected chi connectivity index (χ2v) is 5.83. The van der Waals surface area contributed by atoms with Crippen LogP contribution in [0.15, 0.2) is 48.5 Å². The highest BCUT2D eigenvalue weighted by molar-refractivity contribution is 7.80. The molecule has 0 aliphatic heterocycles. The van der Waals surface area contributed by atoms with Gasteiger partial charge >= 0.3 is 6.18 Å². The molecule has 2 rings (SSSR count). The number of carbonyl (C=O) groups is 1. The van der Waals surface area contributed by atoms with Crippen LogP contribution in [-0.2, 0) is 28.7 Å². The number of alkyl halides is 3. The summed E-state index contributed by atoms with van der Waals surface area (Å²) in [6, 6.07) is 10.7. The molecule has 1 amide bonds. The molecule has 1 atom stereocenters. The van der Waals surface area contributed by atoms with Gasteiger partial charge in [-0.3, -0.25) is 9.00 Å². The minimum atomic E-state index is -4.38. The third-order valence-corrected chi connectivity index (χ3v) is 3.69. The van der Waals surface area contributed by atoms with E-state index in [9.17, 15) is 26.7 Å². The highest BCUT2D eigenvalue weighted by Crippen LogP contribution is 2.29. The molecular weight excluding hydrogens is 357 g/mol. The molecule has 0 heterocycles. The van der Waals surface area contributed by atoms with Crippen LogP contribution < -0.4 is 10.0 Å². The number of nitrogens with one attached hydrogen (secondary N) is 2. The summed E-state index contributed by atoms with van der Waals surface area (Å²) in [7, 11) is 0. The molecule has 9 heteroatoms. The fourth-order valence-corrected chi connectivity index (χ4v) is 2.39. The summed E-state index contributed by atoms with van der Waals surface area (Å²) in [6.07, 6.45) is -3.97. The summed E-state index contributed by atoms with van der Waals surface area (Å²) in [5, 5.41) is 2.63. The average Bonchev–Trinajstić information content (AvgIpc) is 2.54. The van der Waals surface area contributed by atoms with E-state index in [1.54, 1.807) is 0 Å². The van der Waals surface area contributed by atoms with E-state index in [4.69, 9.17) is 0 Å². The first kappa shape index (κ1) is 18.9. The molecule has 1 unspecified atom stereocenters. The van der Waals surface area contributed by atoms with Crippen LogP contribution in [-0.4, -0.2) is 14.7 Å². The Morgan fingerprint density at radius 1 is 1.00 bits per heavy atom. The normalized spacial score (nSPS) is 12.5. The van der Waals surface area contributed by atoms with Crippen LogP contribution in [0, 0.1) is 0 Å². The van der Waals surface area contributed by atoms with Gasteiger partial charge < -0.3 is 14.6 Å². The molecule has 0 bridgehead atoms. The third kappa shape index (κ3) is 6.20. The molecule has 2 aromatic rings. The van der Waals surface area contributed by atoms with Crippen molar-refractivity contribution in [3.8, 4) is 0 Å². The van der Waals surface area contributed by atoms with E-state index in [0.717, 1.165) is 12.1 Å². The van der Waals surface area contributed by atoms with Crippen LogP contribution in [0.1, 0.15) is 17.5 Å². The first-order valence-electron chi connectivity index (χ1n) is 7.16. The van der Waals surface area contributed by atoms with Gasteiger partial charge in [0.1, 0.15) is 0 Å². The smallest absolute Gasteiger partial charge is 0.416 e. The fraction of sp³-hybridized carbons (Fsp3) is 0.188. The maximum absolute atomic E-state index is 12.5. The summed E-state index contributed by atoms with van der Waals surface area (Å²) in [4.78, 5) is 11.9. The summed E-state index contributed by atoms with van der Waals surface area (Å²) >= 11 is -2.42. The number of benzene rings is 2. The number of anilines is 2. The number of carbonyl (C=O) groups excluding carboxylic acids is 1. The van der Waals surface area contributed by atoms with Crippen LogP contribution >= 0.6 is 0 Å². The number of amides is 1. The van der Waals surface area contributed by atoms with Gasteiger partial charge in [-0.05, 0) is 48.4 Å². The predicted molar refractivity (Wildman–Crippen MR) is 87.4 cm³/mol. The van der Waals surface area contributed by atoms with E-state index in [1.807, 2.05) is 0 Å². The molecule has 0 fully saturated rings. The molecule has 25 heavy (non-hydrogen) atoms. The largest absolute Gasteiger partial charge is 0.755 e. The lowest BCUT2D eigenvalue weighted by Crippen LogP contribution is -2.12. The summed E-state index contributed by atoms with van der Waals surface area (Å²) in [5.74, 6) is -0.298. The van der Waals surface area contributed by atoms with Gasteiger partial charge in [-0.2, -0.15) is 13.2 Å². The van der Waals surface area contributed by atoms with Crippen molar-refractivity contribution in [1.82, 2.24) is 0 Å². The summed E-state index contributed by atoms with van der Waals surface area (Å²) < 4.78 is 60.6. The van der Waals surface area contributed by atoms with Crippen LogP contribution in [0.4, 0.5) is 24.5 Å². The number of hydrogen-bond acceptors (Lipinski definition) is 3. The number of rotatable bonds is 6. The Kier molecular flexibility index (Phi) is 6.16. The van der Waals surface area contributed by atoms with Crippen molar-refractivity contribution < 1.29 is 26.7 Å². The molecule has 0 aliphatic rings. The van der Waals surface area contributed by atoms with Crippen molar-refractivity contribution in [2.75, 3.05) is 10.0 Å². The number of aryl methyl sites for hydroxylation is 1. The first-order chi connectivity index (χ1) is 11.7. The lowest BCUT2D eigenvalue weighted by molar-refractivity contribution is -0.137. The lowest BCUT2D eigenvalue weighted by atomic mass is 10.1. The van der Waals surface area contributed by atoms with Crippen LogP contribution in [0.2, 0.25) is 0 Å². The molecule has 0 saturated heterocycles. The molecule has 0 spiro atoms. The van der Waals surface area contributed by atoms with E-state index in [-0.39, 0.29) is 12.3 Å². The van der Waals surface area contributed by atoms with Crippen LogP contribution in [0.5, 0.6) is 0 Å². The van der Waals surface area contributed by atoms with Gasteiger partial charge in [-0.15, -0.1) is 0 Å². The lowest BCUT2D eigenvalue weighted by Gasteiger charge is -2.10. The Morgan fingerprint density at radius 3 is 2.08 bits per heavy atom. The van der Waals surface area contributed by atoms with Crippen molar-refractivity contribution >= 4 is 28.5 Å². The molecule has 0 radical (unpaired) electrons. The van der Waals surface area contributed by atoms with Gasteiger partial charge in [0.2, 0.25) is 5.91 Å². The van der Waals surface area contributed by atoms with Crippen molar-refractivity contribution in [3.05, 3.63) is 59.7 Å². The van der Waals surface area contributed by atoms with Crippen molar-refractivity contribution in [2.45, 2.75) is 19.0 Å². The zero-order valence-corrected chi connectivity index (χ0v) is 13.6. The van der Waals surface area contributed by atoms with Gasteiger partial charge in [-0.25, -0.2) is 0 Å². The highest BCUT2D eigenvalue weighted by atomic mass is 32.2. The van der Waals surface area contributed by atoms with Gasteiger partial charge in [0.25, 0.3) is 0 Å². The molecule has 0 aromatic heterocycles. The molecule has 5 nitrogen and oxygen atoms in total. The van der Waals surface area contributed by atoms with Gasteiger partial charge in [0.15, 0.2) is 0 Å². The van der Waals surface area contributed by atoms with Gasteiger partial charge in [0, 0.05) is 29.1 Å². The first-order valence-corrected chi connectivity index (χ1v) is 8.23. The minimum Gasteiger partial charge on any atom is -0.755 e. The quantitative estimate of drug-likeness (QED) is 0.763. The predicted octanol–water partition coefficient (Wildman–Crippen LogP) is 3.48. The molecule has 2 aromatic carbocycles.